The Morgan fingerprint density at radius 3 is 2.29 bits per heavy atom. The first-order valence-corrected chi connectivity index (χ1v) is 13.1. The van der Waals surface area contributed by atoms with Gasteiger partial charge in [-0.3, -0.25) is 14.8 Å². The van der Waals surface area contributed by atoms with E-state index in [1.54, 1.807) is 18.3 Å². The van der Waals surface area contributed by atoms with Crippen LogP contribution in [0, 0.1) is 12.8 Å². The van der Waals surface area contributed by atoms with Crippen molar-refractivity contribution in [2.45, 2.75) is 56.5 Å². The number of nitrogens with one attached hydrogen (secondary N) is 2. The zero-order valence-corrected chi connectivity index (χ0v) is 20.3. The number of carbonyl (C=O) groups excluding carboxylic acids is 1. The minimum absolute atomic E-state index is 0.0306. The zero-order chi connectivity index (χ0) is 24.1. The molecule has 1 aromatic carbocycles. The third-order valence-corrected chi connectivity index (χ3v) is 7.84. The van der Waals surface area contributed by atoms with Crippen molar-refractivity contribution in [3.05, 3.63) is 78.2 Å². The van der Waals surface area contributed by atoms with Gasteiger partial charge in [0, 0.05) is 35.6 Å². The van der Waals surface area contributed by atoms with Gasteiger partial charge in [0.2, 0.25) is 15.9 Å². The molecule has 1 saturated carbocycles. The number of amides is 1. The van der Waals surface area contributed by atoms with Crippen LogP contribution in [-0.4, -0.2) is 30.3 Å². The quantitative estimate of drug-likeness (QED) is 0.531. The van der Waals surface area contributed by atoms with Crippen molar-refractivity contribution in [2.75, 3.05) is 0 Å². The van der Waals surface area contributed by atoms with Crippen LogP contribution in [0.3, 0.4) is 0 Å². The molecule has 178 valence electrons. The van der Waals surface area contributed by atoms with E-state index in [0.29, 0.717) is 31.4 Å². The normalized spacial score (nSPS) is 19.4. The van der Waals surface area contributed by atoms with Crippen LogP contribution >= 0.6 is 0 Å². The number of aromatic nitrogens is 2. The van der Waals surface area contributed by atoms with Gasteiger partial charge in [-0.2, -0.15) is 0 Å². The summed E-state index contributed by atoms with van der Waals surface area (Å²) < 4.78 is 28.5. The molecule has 7 nitrogen and oxygen atoms in total. The van der Waals surface area contributed by atoms with Crippen molar-refractivity contribution in [3.8, 4) is 11.3 Å². The number of sulfonamides is 1. The molecular formula is C26H30N4O3S. The average Bonchev–Trinajstić information content (AvgIpc) is 2.85. The molecule has 8 heteroatoms. The van der Waals surface area contributed by atoms with E-state index < -0.39 is 10.0 Å². The summed E-state index contributed by atoms with van der Waals surface area (Å²) in [6.07, 6.45) is 5.65. The van der Waals surface area contributed by atoms with E-state index in [4.69, 9.17) is 0 Å². The Morgan fingerprint density at radius 1 is 0.941 bits per heavy atom. The molecule has 1 amide bonds. The molecule has 0 spiro atoms. The lowest BCUT2D eigenvalue weighted by atomic mass is 9.85. The number of nitrogens with zero attached hydrogens (tertiary/aromatic N) is 2. The van der Waals surface area contributed by atoms with Crippen LogP contribution in [0.2, 0.25) is 0 Å². The molecule has 0 unspecified atom stereocenters. The predicted octanol–water partition coefficient (Wildman–Crippen LogP) is 4.17. The highest BCUT2D eigenvalue weighted by atomic mass is 32.2. The van der Waals surface area contributed by atoms with E-state index in [-0.39, 0.29) is 28.8 Å². The highest BCUT2D eigenvalue weighted by molar-refractivity contribution is 7.89. The Balaban J connectivity index is 1.30. The smallest absolute Gasteiger partial charge is 0.242 e. The van der Waals surface area contributed by atoms with E-state index >= 15 is 0 Å². The van der Waals surface area contributed by atoms with Crippen LogP contribution in [-0.2, 0) is 14.8 Å². The molecule has 34 heavy (non-hydrogen) atoms. The van der Waals surface area contributed by atoms with E-state index in [2.05, 4.69) is 20.0 Å². The Bertz CT molecular complexity index is 1210. The summed E-state index contributed by atoms with van der Waals surface area (Å²) in [5, 5.41) is 3.09. The predicted molar refractivity (Wildman–Crippen MR) is 131 cm³/mol. The zero-order valence-electron chi connectivity index (χ0n) is 19.4. The van der Waals surface area contributed by atoms with Crippen LogP contribution in [0.5, 0.6) is 0 Å². The lowest BCUT2D eigenvalue weighted by molar-refractivity contribution is -0.126. The van der Waals surface area contributed by atoms with Crippen molar-refractivity contribution in [1.82, 2.24) is 20.0 Å². The van der Waals surface area contributed by atoms with Gasteiger partial charge in [0.15, 0.2) is 0 Å². The highest BCUT2D eigenvalue weighted by Crippen LogP contribution is 2.27. The molecule has 1 aliphatic rings. The standard InChI is InChI=1S/C26H30N4O3S/c1-18-8-9-22(16-27-18)25-15-14-24(17-28-25)34(32,33)30-23-12-10-21(11-13-23)26(31)29-19(2)20-6-4-3-5-7-20/h3-9,14-17,19,21,23,30H,10-13H2,1-2H3,(H,29,31)/t19-,21-,23-/m1/s1. The Hall–Kier alpha value is -3.10. The fourth-order valence-electron chi connectivity index (χ4n) is 4.25. The number of pyridine rings is 2. The summed E-state index contributed by atoms with van der Waals surface area (Å²) in [7, 11) is -3.69. The second kappa shape index (κ2) is 10.4. The van der Waals surface area contributed by atoms with Crippen LogP contribution in [0.1, 0.15) is 49.9 Å². The van der Waals surface area contributed by atoms with E-state index in [1.807, 2.05) is 56.3 Å². The molecule has 4 rings (SSSR count). The van der Waals surface area contributed by atoms with Gasteiger partial charge in [0.05, 0.1) is 11.7 Å². The molecule has 2 heterocycles. The minimum atomic E-state index is -3.69. The van der Waals surface area contributed by atoms with Gasteiger partial charge in [-0.25, -0.2) is 13.1 Å². The van der Waals surface area contributed by atoms with Crippen molar-refractivity contribution in [1.29, 1.82) is 0 Å². The first-order chi connectivity index (χ1) is 16.3. The van der Waals surface area contributed by atoms with Crippen LogP contribution in [0.15, 0.2) is 71.9 Å². The molecule has 1 aliphatic carbocycles. The summed E-state index contributed by atoms with van der Waals surface area (Å²) in [5.74, 6) is -0.0703. The molecule has 3 aromatic rings. The van der Waals surface area contributed by atoms with Gasteiger partial charge < -0.3 is 5.32 Å². The second-order valence-corrected chi connectivity index (χ2v) is 10.6. The van der Waals surface area contributed by atoms with Crippen LogP contribution in [0.25, 0.3) is 11.3 Å². The third kappa shape index (κ3) is 5.87. The largest absolute Gasteiger partial charge is 0.349 e. The fourth-order valence-corrected chi connectivity index (χ4v) is 5.50. The monoisotopic (exact) mass is 478 g/mol. The van der Waals surface area contributed by atoms with Crippen LogP contribution < -0.4 is 10.0 Å². The molecule has 1 atom stereocenters. The maximum atomic E-state index is 12.9. The van der Waals surface area contributed by atoms with Gasteiger partial charge >= 0.3 is 0 Å². The number of aryl methyl sites for hydroxylation is 1. The fraction of sp³-hybridized carbons (Fsp3) is 0.346. The van der Waals surface area contributed by atoms with E-state index in [1.165, 1.54) is 6.20 Å². The summed E-state index contributed by atoms with van der Waals surface area (Å²) in [6.45, 7) is 3.88. The topological polar surface area (TPSA) is 101 Å². The van der Waals surface area contributed by atoms with Crippen LogP contribution in [0.4, 0.5) is 0 Å². The van der Waals surface area contributed by atoms with E-state index in [9.17, 15) is 13.2 Å². The number of carbonyl (C=O) groups is 1. The third-order valence-electron chi connectivity index (χ3n) is 6.33. The molecule has 2 N–H and O–H groups in total. The van der Waals surface area contributed by atoms with Gasteiger partial charge in [-0.05, 0) is 69.4 Å². The average molecular weight is 479 g/mol. The highest BCUT2D eigenvalue weighted by Gasteiger charge is 2.30. The van der Waals surface area contributed by atoms with Gasteiger partial charge in [0.25, 0.3) is 0 Å². The maximum absolute atomic E-state index is 12.9. The molecule has 1 fully saturated rings. The summed E-state index contributed by atoms with van der Waals surface area (Å²) in [5.41, 5.74) is 3.48. The Labute approximate surface area is 201 Å². The van der Waals surface area contributed by atoms with Gasteiger partial charge in [-0.1, -0.05) is 30.3 Å². The molecule has 2 aromatic heterocycles. The SMILES string of the molecule is Cc1ccc(-c2ccc(S(=O)(=O)N[C@H]3CC[C@H](C(=O)N[C@H](C)c4ccccc4)CC3)cn2)cn1. The van der Waals surface area contributed by atoms with Crippen molar-refractivity contribution >= 4 is 15.9 Å². The molecule has 0 bridgehead atoms. The Morgan fingerprint density at radius 2 is 1.68 bits per heavy atom. The maximum Gasteiger partial charge on any atom is 0.242 e. The number of hydrogen-bond acceptors (Lipinski definition) is 5. The first-order valence-electron chi connectivity index (χ1n) is 11.6. The molecule has 0 aliphatic heterocycles. The molecule has 0 saturated heterocycles. The minimum Gasteiger partial charge on any atom is -0.349 e. The number of hydrogen-bond donors (Lipinski definition) is 2. The number of benzene rings is 1. The summed E-state index contributed by atoms with van der Waals surface area (Å²) >= 11 is 0. The number of rotatable bonds is 7. The van der Waals surface area contributed by atoms with Crippen molar-refractivity contribution in [2.24, 2.45) is 5.92 Å². The summed E-state index contributed by atoms with van der Waals surface area (Å²) in [6, 6.07) is 16.7. The second-order valence-electron chi connectivity index (χ2n) is 8.88. The van der Waals surface area contributed by atoms with Crippen molar-refractivity contribution in [3.63, 3.8) is 0 Å². The van der Waals surface area contributed by atoms with Crippen molar-refractivity contribution < 1.29 is 13.2 Å². The van der Waals surface area contributed by atoms with Gasteiger partial charge in [-0.15, -0.1) is 0 Å². The lowest BCUT2D eigenvalue weighted by Crippen LogP contribution is -2.41. The van der Waals surface area contributed by atoms with E-state index in [0.717, 1.165) is 16.8 Å². The summed E-state index contributed by atoms with van der Waals surface area (Å²) in [4.78, 5) is 21.4. The molecule has 0 radical (unpaired) electrons. The Kier molecular flexibility index (Phi) is 7.38. The lowest BCUT2D eigenvalue weighted by Gasteiger charge is -2.29. The van der Waals surface area contributed by atoms with Gasteiger partial charge in [0.1, 0.15) is 4.90 Å². The molecular weight excluding hydrogens is 448 g/mol. The first kappa shape index (κ1) is 24.0.